The Hall–Kier alpha value is -2.82. The third-order valence-electron chi connectivity index (χ3n) is 2.91. The number of esters is 1. The molecule has 0 aliphatic heterocycles. The Balaban J connectivity index is 2.22. The van der Waals surface area contributed by atoms with Gasteiger partial charge in [-0.2, -0.15) is 0 Å². The molecule has 0 unspecified atom stereocenters. The van der Waals surface area contributed by atoms with E-state index in [0.717, 1.165) is 5.57 Å². The Morgan fingerprint density at radius 1 is 1.19 bits per heavy atom. The summed E-state index contributed by atoms with van der Waals surface area (Å²) in [5.74, 6) is -0.324. The van der Waals surface area contributed by atoms with Gasteiger partial charge in [-0.15, -0.1) is 0 Å². The van der Waals surface area contributed by atoms with Gasteiger partial charge < -0.3 is 14.8 Å². The van der Waals surface area contributed by atoms with Crippen LogP contribution in [0.4, 0.5) is 5.69 Å². The summed E-state index contributed by atoms with van der Waals surface area (Å²) >= 11 is 0. The number of benzene rings is 1. The van der Waals surface area contributed by atoms with E-state index in [-0.39, 0.29) is 11.5 Å². The average molecular weight is 285 g/mol. The summed E-state index contributed by atoms with van der Waals surface area (Å²) in [6.07, 6.45) is 6.40. The number of methoxy groups -OCH3 is 2. The predicted molar refractivity (Wildman–Crippen MR) is 78.7 cm³/mol. The molecule has 0 fully saturated rings. The Morgan fingerprint density at radius 3 is 2.67 bits per heavy atom. The molecule has 0 saturated heterocycles. The maximum absolute atomic E-state index is 11.7. The molecule has 0 atom stereocenters. The summed E-state index contributed by atoms with van der Waals surface area (Å²) in [5.41, 5.74) is 1.81. The molecule has 2 rings (SSSR count). The lowest BCUT2D eigenvalue weighted by atomic mass is 10.1. The third kappa shape index (κ3) is 3.39. The van der Waals surface area contributed by atoms with Gasteiger partial charge >= 0.3 is 5.97 Å². The number of carbonyl (C=O) groups excluding carboxylic acids is 2. The fourth-order valence-corrected chi connectivity index (χ4v) is 1.83. The van der Waals surface area contributed by atoms with Crippen molar-refractivity contribution < 1.29 is 19.1 Å². The van der Waals surface area contributed by atoms with Gasteiger partial charge in [-0.3, -0.25) is 4.79 Å². The van der Waals surface area contributed by atoms with Gasteiger partial charge in [-0.25, -0.2) is 4.79 Å². The van der Waals surface area contributed by atoms with E-state index >= 15 is 0 Å². The van der Waals surface area contributed by atoms with Crippen LogP contribution in [0.5, 0.6) is 0 Å². The zero-order valence-electron chi connectivity index (χ0n) is 11.8. The SMILES string of the molecule is COC(=O)c1ccccc1N/C=C1/C=CC(=O)C(OC)=C1. The van der Waals surface area contributed by atoms with Crippen LogP contribution >= 0.6 is 0 Å². The van der Waals surface area contributed by atoms with Crippen LogP contribution in [0.25, 0.3) is 0 Å². The monoisotopic (exact) mass is 285 g/mol. The maximum atomic E-state index is 11.7. The van der Waals surface area contributed by atoms with E-state index in [1.54, 1.807) is 36.6 Å². The molecule has 1 aromatic carbocycles. The van der Waals surface area contributed by atoms with Gasteiger partial charge in [0.25, 0.3) is 0 Å². The van der Waals surface area contributed by atoms with Crippen LogP contribution in [-0.2, 0) is 14.3 Å². The van der Waals surface area contributed by atoms with Crippen molar-refractivity contribution in [2.24, 2.45) is 0 Å². The van der Waals surface area contributed by atoms with Crippen molar-refractivity contribution in [1.82, 2.24) is 0 Å². The molecule has 0 saturated carbocycles. The molecule has 1 aliphatic rings. The topological polar surface area (TPSA) is 64.6 Å². The predicted octanol–water partition coefficient (Wildman–Crippen LogP) is 2.44. The van der Waals surface area contributed by atoms with Crippen molar-refractivity contribution >= 4 is 17.4 Å². The second-order valence-electron chi connectivity index (χ2n) is 4.24. The fourth-order valence-electron chi connectivity index (χ4n) is 1.83. The summed E-state index contributed by atoms with van der Waals surface area (Å²) in [4.78, 5) is 23.1. The van der Waals surface area contributed by atoms with E-state index in [4.69, 9.17) is 9.47 Å². The lowest BCUT2D eigenvalue weighted by Crippen LogP contribution is -2.07. The number of hydrogen-bond acceptors (Lipinski definition) is 5. The molecule has 0 heterocycles. The zero-order valence-corrected chi connectivity index (χ0v) is 11.8. The van der Waals surface area contributed by atoms with Crippen molar-refractivity contribution in [3.8, 4) is 0 Å². The standard InChI is InChI=1S/C16H15NO4/c1-20-15-9-11(7-8-14(15)18)10-17-13-6-4-3-5-12(13)16(19)21-2/h3-10,17H,1-2H3/b11-10-. The minimum Gasteiger partial charge on any atom is -0.493 e. The quantitative estimate of drug-likeness (QED) is 0.861. The van der Waals surface area contributed by atoms with Crippen LogP contribution < -0.4 is 5.32 Å². The Kier molecular flexibility index (Phi) is 4.56. The summed E-state index contributed by atoms with van der Waals surface area (Å²) < 4.78 is 9.71. The summed E-state index contributed by atoms with van der Waals surface area (Å²) in [6, 6.07) is 7.00. The molecule has 1 aliphatic carbocycles. The maximum Gasteiger partial charge on any atom is 0.339 e. The van der Waals surface area contributed by atoms with E-state index in [1.165, 1.54) is 20.3 Å². The highest BCUT2D eigenvalue weighted by Gasteiger charge is 2.12. The smallest absolute Gasteiger partial charge is 0.339 e. The molecule has 0 radical (unpaired) electrons. The molecule has 1 N–H and O–H groups in total. The number of nitrogens with one attached hydrogen (secondary N) is 1. The first-order chi connectivity index (χ1) is 10.2. The molecule has 0 spiro atoms. The van der Waals surface area contributed by atoms with Crippen molar-refractivity contribution in [2.75, 3.05) is 19.5 Å². The highest BCUT2D eigenvalue weighted by atomic mass is 16.5. The third-order valence-corrected chi connectivity index (χ3v) is 2.91. The molecule has 5 nitrogen and oxygen atoms in total. The van der Waals surface area contributed by atoms with Gasteiger partial charge in [0.1, 0.15) is 0 Å². The molecule has 5 heteroatoms. The fraction of sp³-hybridized carbons (Fsp3) is 0.125. The van der Waals surface area contributed by atoms with Crippen LogP contribution in [-0.4, -0.2) is 26.0 Å². The van der Waals surface area contributed by atoms with Crippen molar-refractivity contribution in [3.05, 3.63) is 65.6 Å². The minimum atomic E-state index is -0.418. The average Bonchev–Trinajstić information content (AvgIpc) is 2.53. The van der Waals surface area contributed by atoms with Crippen molar-refractivity contribution in [1.29, 1.82) is 0 Å². The van der Waals surface area contributed by atoms with E-state index in [2.05, 4.69) is 5.32 Å². The van der Waals surface area contributed by atoms with E-state index in [0.29, 0.717) is 11.3 Å². The highest BCUT2D eigenvalue weighted by molar-refractivity contribution is 6.04. The largest absolute Gasteiger partial charge is 0.493 e. The number of ether oxygens (including phenoxy) is 2. The van der Waals surface area contributed by atoms with Gasteiger partial charge in [0.05, 0.1) is 25.5 Å². The molecular weight excluding hydrogens is 270 g/mol. The molecule has 1 aromatic rings. The van der Waals surface area contributed by atoms with Gasteiger partial charge in [0.2, 0.25) is 5.78 Å². The second kappa shape index (κ2) is 6.56. The van der Waals surface area contributed by atoms with Crippen LogP contribution in [0, 0.1) is 0 Å². The number of carbonyl (C=O) groups is 2. The molecule has 21 heavy (non-hydrogen) atoms. The normalized spacial score (nSPS) is 15.6. The summed E-state index contributed by atoms with van der Waals surface area (Å²) in [6.45, 7) is 0. The second-order valence-corrected chi connectivity index (χ2v) is 4.24. The first-order valence-electron chi connectivity index (χ1n) is 6.28. The van der Waals surface area contributed by atoms with Crippen molar-refractivity contribution in [2.45, 2.75) is 0 Å². The number of hydrogen-bond donors (Lipinski definition) is 1. The zero-order chi connectivity index (χ0) is 15.2. The Bertz CT molecular complexity index is 656. The Labute approximate surface area is 122 Å². The van der Waals surface area contributed by atoms with Crippen LogP contribution in [0.1, 0.15) is 10.4 Å². The minimum absolute atomic E-state index is 0.176. The number of rotatable bonds is 4. The van der Waals surface area contributed by atoms with Crippen LogP contribution in [0.2, 0.25) is 0 Å². The summed E-state index contributed by atoms with van der Waals surface area (Å²) in [7, 11) is 2.78. The molecule has 0 amide bonds. The lowest BCUT2D eigenvalue weighted by Gasteiger charge is -2.10. The van der Waals surface area contributed by atoms with Crippen molar-refractivity contribution in [3.63, 3.8) is 0 Å². The number of ketones is 1. The van der Waals surface area contributed by atoms with Crippen LogP contribution in [0.3, 0.4) is 0 Å². The van der Waals surface area contributed by atoms with Gasteiger partial charge in [0.15, 0.2) is 5.76 Å². The van der Waals surface area contributed by atoms with E-state index in [9.17, 15) is 9.59 Å². The number of anilines is 1. The highest BCUT2D eigenvalue weighted by Crippen LogP contribution is 2.18. The molecular formula is C16H15NO4. The number of para-hydroxylation sites is 1. The molecule has 0 bridgehead atoms. The van der Waals surface area contributed by atoms with Crippen LogP contribution in [0.15, 0.2) is 60.0 Å². The number of allylic oxidation sites excluding steroid dienone is 4. The first kappa shape index (κ1) is 14.6. The summed E-state index contributed by atoms with van der Waals surface area (Å²) in [5, 5.41) is 3.03. The lowest BCUT2D eigenvalue weighted by molar-refractivity contribution is -0.114. The first-order valence-corrected chi connectivity index (χ1v) is 6.28. The van der Waals surface area contributed by atoms with E-state index < -0.39 is 5.97 Å². The molecule has 0 aromatic heterocycles. The van der Waals surface area contributed by atoms with E-state index in [1.807, 2.05) is 6.07 Å². The Morgan fingerprint density at radius 2 is 1.95 bits per heavy atom. The van der Waals surface area contributed by atoms with Gasteiger partial charge in [-0.05, 0) is 35.9 Å². The van der Waals surface area contributed by atoms with Gasteiger partial charge in [-0.1, -0.05) is 12.1 Å². The van der Waals surface area contributed by atoms with Gasteiger partial charge in [0, 0.05) is 6.20 Å². The molecule has 108 valence electrons.